The van der Waals surface area contributed by atoms with E-state index in [0.717, 1.165) is 5.56 Å². The van der Waals surface area contributed by atoms with Crippen molar-refractivity contribution in [1.29, 1.82) is 6.86 Å². The monoisotopic (exact) mass is 509 g/mol. The Kier molecular flexibility index (Phi) is 12.3. The summed E-state index contributed by atoms with van der Waals surface area (Å²) in [6.07, 6.45) is 1.48. The molecule has 9 nitrogen and oxygen atoms in total. The Morgan fingerprint density at radius 3 is 2.44 bits per heavy atom. The third-order valence-corrected chi connectivity index (χ3v) is 4.69. The zero-order valence-electron chi connectivity index (χ0n) is 20.8. The zero-order chi connectivity index (χ0) is 27.3. The van der Waals surface area contributed by atoms with Crippen LogP contribution in [0.1, 0.15) is 33.8 Å². The van der Waals surface area contributed by atoms with Gasteiger partial charge in [0.15, 0.2) is 0 Å². The van der Waals surface area contributed by atoms with Crippen molar-refractivity contribution in [3.05, 3.63) is 76.2 Å². The third kappa shape index (κ3) is 8.49. The number of carbonyl (C=O) groups excluding carboxylic acids is 1. The standard InChI is InChI=1S/C23H27N7O2.CH3F.CH4.FH.H2/c1-14(2)29-19-12-28-22(17-4-3-5-18(24)10-17)30(23(19)32)13-20(31)27-11-15-6-8-16(9-7-15)21(25)26;1-2;;;/h3-10,12,14,29H,11,13,24H2,1-2H3,(H3,25,26)(H,27,31);1H3;1H4;2*1H/i;;;;1+2/hT. The molecule has 0 saturated carbocycles. The van der Waals surface area contributed by atoms with Gasteiger partial charge < -0.3 is 22.1 Å². The van der Waals surface area contributed by atoms with E-state index in [1.807, 2.05) is 13.8 Å². The second-order valence-corrected chi connectivity index (χ2v) is 7.70. The highest BCUT2D eigenvalue weighted by Gasteiger charge is 2.16. The molecule has 0 fully saturated rings. The first-order valence-corrected chi connectivity index (χ1v) is 10.5. The molecule has 198 valence electrons. The molecule has 0 aliphatic rings. The molecule has 1 aromatic heterocycles. The van der Waals surface area contributed by atoms with Gasteiger partial charge in [-0.1, -0.05) is 43.8 Å². The lowest BCUT2D eigenvalue weighted by Crippen LogP contribution is -2.34. The number of halogens is 2. The molecule has 1 heterocycles. The van der Waals surface area contributed by atoms with Crippen LogP contribution >= 0.6 is 0 Å². The van der Waals surface area contributed by atoms with Crippen LogP contribution in [0.3, 0.4) is 0 Å². The van der Waals surface area contributed by atoms with E-state index in [1.165, 1.54) is 10.8 Å². The van der Waals surface area contributed by atoms with Gasteiger partial charge in [-0.25, -0.2) is 4.98 Å². The molecule has 0 bridgehead atoms. The molecule has 2 aromatic carbocycles. The number of amides is 1. The summed E-state index contributed by atoms with van der Waals surface area (Å²) in [7, 11) is 0.500. The van der Waals surface area contributed by atoms with Crippen LogP contribution in [0.15, 0.2) is 59.5 Å². The molecular weight excluding hydrogens is 468 g/mol. The van der Waals surface area contributed by atoms with E-state index >= 15 is 0 Å². The lowest BCUT2D eigenvalue weighted by Gasteiger charge is -2.16. The lowest BCUT2D eigenvalue weighted by molar-refractivity contribution is -0.121. The van der Waals surface area contributed by atoms with Crippen LogP contribution in [0, 0.1) is 5.41 Å². The van der Waals surface area contributed by atoms with Crippen molar-refractivity contribution in [2.45, 2.75) is 40.4 Å². The Bertz CT molecular complexity index is 1210. The molecule has 0 spiro atoms. The Labute approximate surface area is 212 Å². The number of rotatable bonds is 8. The molecule has 0 aliphatic carbocycles. The van der Waals surface area contributed by atoms with Gasteiger partial charge in [0.25, 0.3) is 7.01 Å². The second kappa shape index (κ2) is 14.9. The molecule has 0 atom stereocenters. The van der Waals surface area contributed by atoms with Crippen molar-refractivity contribution in [2.24, 2.45) is 5.73 Å². The summed E-state index contributed by atoms with van der Waals surface area (Å²) < 4.78 is 23.8. The fourth-order valence-electron chi connectivity index (χ4n) is 3.16. The first kappa shape index (κ1) is 29.8. The Hall–Kier alpha value is -4.28. The van der Waals surface area contributed by atoms with Gasteiger partial charge in [-0.05, 0) is 31.5 Å². The Balaban J connectivity index is 0. The van der Waals surface area contributed by atoms with Gasteiger partial charge in [0.2, 0.25) is 5.91 Å². The van der Waals surface area contributed by atoms with Crippen molar-refractivity contribution >= 4 is 23.1 Å². The first-order chi connectivity index (χ1) is 17.2. The van der Waals surface area contributed by atoms with Crippen LogP contribution in [-0.4, -0.2) is 36.0 Å². The smallest absolute Gasteiger partial charge is 0.277 e. The minimum absolute atomic E-state index is 0. The van der Waals surface area contributed by atoms with Crippen LogP contribution in [0.4, 0.5) is 20.5 Å². The van der Waals surface area contributed by atoms with Gasteiger partial charge >= 0.3 is 0 Å². The molecule has 3 aromatic rings. The largest absolute Gasteiger partial charge is 0.399 e. The quantitative estimate of drug-likeness (QED) is 0.178. The lowest BCUT2D eigenvalue weighted by atomic mass is 10.1. The van der Waals surface area contributed by atoms with Crippen LogP contribution in [-0.2, 0) is 17.9 Å². The molecule has 0 unspecified atom stereocenters. The van der Waals surface area contributed by atoms with E-state index in [0.29, 0.717) is 35.5 Å². The number of alkyl halides is 1. The summed E-state index contributed by atoms with van der Waals surface area (Å²) in [4.78, 5) is 30.2. The summed E-state index contributed by atoms with van der Waals surface area (Å²) in [6.45, 7) is 3.91. The van der Waals surface area contributed by atoms with Crippen LogP contribution in [0.5, 0.6) is 0 Å². The fourth-order valence-corrected chi connectivity index (χ4v) is 3.16. The van der Waals surface area contributed by atoms with Gasteiger partial charge in [-0.2, -0.15) is 0 Å². The second-order valence-electron chi connectivity index (χ2n) is 7.70. The Morgan fingerprint density at radius 2 is 1.89 bits per heavy atom. The van der Waals surface area contributed by atoms with E-state index in [-0.39, 0.29) is 45.3 Å². The predicted octanol–water partition coefficient (Wildman–Crippen LogP) is 3.53. The molecule has 7 N–H and O–H groups in total. The average molecular weight is 510 g/mol. The molecule has 1 amide bonds. The van der Waals surface area contributed by atoms with E-state index in [2.05, 4.69) is 17.1 Å². The molecule has 0 radical (unpaired) electrons. The summed E-state index contributed by atoms with van der Waals surface area (Å²) in [5.74, 6) is 0.00499. The zero-order valence-corrected chi connectivity index (χ0v) is 19.8. The maximum absolute atomic E-state index is 13.1. The SMILES string of the molecule is C.CC(C)Nc1cnc(-c2cccc(N)c2)n(CC(=O)NCc2ccc(C(=N)N)cc2)c1=O.CF.[3HH].[3H]F. The maximum atomic E-state index is 13.1. The minimum Gasteiger partial charge on any atom is -0.399 e. The Morgan fingerprint density at radius 1 is 1.25 bits per heavy atom. The minimum atomic E-state index is -0.341. The van der Waals surface area contributed by atoms with E-state index in [4.69, 9.17) is 21.6 Å². The molecule has 36 heavy (non-hydrogen) atoms. The summed E-state index contributed by atoms with van der Waals surface area (Å²) in [5, 5.41) is 13.3. The van der Waals surface area contributed by atoms with Gasteiger partial charge in [0.1, 0.15) is 23.9 Å². The van der Waals surface area contributed by atoms with E-state index in [9.17, 15) is 14.0 Å². The fraction of sp³-hybridized carbons (Fsp3) is 0.280. The number of nitrogen functional groups attached to an aromatic ring is 2. The molecular formula is C25H37F2N7O2. The number of nitrogens with two attached hydrogens (primary N) is 2. The topological polar surface area (TPSA) is 152 Å². The van der Waals surface area contributed by atoms with Crippen molar-refractivity contribution in [1.82, 2.24) is 14.9 Å². The van der Waals surface area contributed by atoms with E-state index in [1.54, 1.807) is 48.5 Å². The van der Waals surface area contributed by atoms with Gasteiger partial charge in [0, 0.05) is 30.8 Å². The number of nitrogens with one attached hydrogen (secondary N) is 3. The summed E-state index contributed by atoms with van der Waals surface area (Å²) in [6, 6.07) is 14.1. The van der Waals surface area contributed by atoms with Crippen molar-refractivity contribution in [3.8, 4) is 11.4 Å². The number of hydrogen-bond donors (Lipinski definition) is 5. The molecule has 11 heteroatoms. The highest BCUT2D eigenvalue weighted by Crippen LogP contribution is 2.19. The first-order valence-electron chi connectivity index (χ1n) is 10.9. The summed E-state index contributed by atoms with van der Waals surface area (Å²) in [5.41, 5.74) is 14.0. The normalized spacial score (nSPS) is 9.89. The van der Waals surface area contributed by atoms with E-state index < -0.39 is 0 Å². The molecule has 0 aliphatic heterocycles. The van der Waals surface area contributed by atoms with Crippen molar-refractivity contribution < 1.29 is 15.3 Å². The number of hydrogen-bond acceptors (Lipinski definition) is 6. The number of aromatic nitrogens is 2. The highest BCUT2D eigenvalue weighted by atomic mass is 19.1. The predicted molar refractivity (Wildman–Crippen MR) is 145 cm³/mol. The van der Waals surface area contributed by atoms with Gasteiger partial charge in [-0.15, -0.1) is 0 Å². The van der Waals surface area contributed by atoms with Crippen molar-refractivity contribution in [2.75, 3.05) is 18.2 Å². The summed E-state index contributed by atoms with van der Waals surface area (Å²) >= 11 is 0. The van der Waals surface area contributed by atoms with Gasteiger partial charge in [0.05, 0.1) is 13.4 Å². The van der Waals surface area contributed by atoms with Crippen LogP contribution in [0.2, 0.25) is 0 Å². The third-order valence-electron chi connectivity index (χ3n) is 4.69. The number of nitrogens with zero attached hydrogens (tertiary/aromatic N) is 2. The number of benzene rings is 2. The van der Waals surface area contributed by atoms with Gasteiger partial charge in [-0.3, -0.25) is 28.7 Å². The number of amidine groups is 1. The highest BCUT2D eigenvalue weighted by molar-refractivity contribution is 5.94. The number of anilines is 2. The molecule has 0 saturated heterocycles. The van der Waals surface area contributed by atoms with Crippen LogP contribution in [0.25, 0.3) is 11.4 Å². The van der Waals surface area contributed by atoms with Crippen LogP contribution < -0.4 is 27.7 Å². The maximum Gasteiger partial charge on any atom is 0.277 e. The van der Waals surface area contributed by atoms with Crippen molar-refractivity contribution in [3.63, 3.8) is 0 Å². The molecule has 3 rings (SSSR count). The number of carbonyl (C=O) groups is 1. The average Bonchev–Trinajstić information content (AvgIpc) is 2.87.